The molecule has 6 nitrogen and oxygen atoms in total. The SMILES string of the molecule is C=C1CC(c2nc3ccc(OC)cc3[nH]2)N(C(=O)c2nc(C)sc2-c2cccc(F)c2)C1. The van der Waals surface area contributed by atoms with Crippen molar-refractivity contribution in [2.45, 2.75) is 19.4 Å². The van der Waals surface area contributed by atoms with Crippen molar-refractivity contribution in [1.82, 2.24) is 19.9 Å². The van der Waals surface area contributed by atoms with E-state index in [0.717, 1.165) is 27.4 Å². The Balaban J connectivity index is 1.53. The number of likely N-dealkylation sites (tertiary alicyclic amines) is 1. The molecule has 1 fully saturated rings. The maximum atomic E-state index is 13.8. The third kappa shape index (κ3) is 3.56. The molecule has 1 aliphatic heterocycles. The zero-order chi connectivity index (χ0) is 22.4. The number of nitrogens with one attached hydrogen (secondary N) is 1. The van der Waals surface area contributed by atoms with Gasteiger partial charge in [-0.3, -0.25) is 4.79 Å². The summed E-state index contributed by atoms with van der Waals surface area (Å²) in [5.74, 6) is 0.862. The summed E-state index contributed by atoms with van der Waals surface area (Å²) in [7, 11) is 1.62. The van der Waals surface area contributed by atoms with E-state index in [4.69, 9.17) is 9.72 Å². The summed E-state index contributed by atoms with van der Waals surface area (Å²) in [6.07, 6.45) is 0.612. The molecular weight excluding hydrogens is 427 g/mol. The van der Waals surface area contributed by atoms with E-state index < -0.39 is 0 Å². The van der Waals surface area contributed by atoms with Crippen molar-refractivity contribution in [1.29, 1.82) is 0 Å². The van der Waals surface area contributed by atoms with E-state index in [0.29, 0.717) is 34.9 Å². The van der Waals surface area contributed by atoms with Gasteiger partial charge in [-0.1, -0.05) is 24.3 Å². The highest BCUT2D eigenvalue weighted by atomic mass is 32.1. The summed E-state index contributed by atoms with van der Waals surface area (Å²) in [4.78, 5) is 28.6. The lowest BCUT2D eigenvalue weighted by Crippen LogP contribution is -2.31. The number of fused-ring (bicyclic) bond motifs is 1. The number of aryl methyl sites for hydroxylation is 1. The Hall–Kier alpha value is -3.52. The lowest BCUT2D eigenvalue weighted by atomic mass is 10.1. The predicted octanol–water partition coefficient (Wildman–Crippen LogP) is 5.29. The first-order valence-electron chi connectivity index (χ1n) is 10.2. The topological polar surface area (TPSA) is 71.1 Å². The fourth-order valence-corrected chi connectivity index (χ4v) is 4.99. The molecule has 5 rings (SSSR count). The van der Waals surface area contributed by atoms with E-state index in [1.165, 1.54) is 23.5 Å². The highest BCUT2D eigenvalue weighted by Crippen LogP contribution is 2.38. The summed E-state index contributed by atoms with van der Waals surface area (Å²) in [6.45, 7) is 6.38. The average Bonchev–Trinajstić information content (AvgIpc) is 3.48. The third-order valence-corrected chi connectivity index (χ3v) is 6.58. The molecule has 0 aliphatic carbocycles. The van der Waals surface area contributed by atoms with Crippen molar-refractivity contribution in [2.75, 3.05) is 13.7 Å². The Kier molecular flexibility index (Phi) is 5.01. The highest BCUT2D eigenvalue weighted by Gasteiger charge is 2.36. The van der Waals surface area contributed by atoms with Crippen molar-refractivity contribution in [2.24, 2.45) is 0 Å². The zero-order valence-corrected chi connectivity index (χ0v) is 18.5. The first-order valence-corrected chi connectivity index (χ1v) is 11.0. The van der Waals surface area contributed by atoms with Crippen LogP contribution in [0.15, 0.2) is 54.6 Å². The number of carbonyl (C=O) groups excluding carboxylic acids is 1. The number of carbonyl (C=O) groups is 1. The minimum Gasteiger partial charge on any atom is -0.497 e. The van der Waals surface area contributed by atoms with E-state index in [9.17, 15) is 9.18 Å². The van der Waals surface area contributed by atoms with Crippen molar-refractivity contribution in [3.05, 3.63) is 77.0 Å². The summed E-state index contributed by atoms with van der Waals surface area (Å²) in [5, 5.41) is 0.748. The molecule has 3 heterocycles. The smallest absolute Gasteiger partial charge is 0.274 e. The van der Waals surface area contributed by atoms with Gasteiger partial charge in [0.15, 0.2) is 0 Å². The minimum absolute atomic E-state index is 0.213. The molecule has 162 valence electrons. The van der Waals surface area contributed by atoms with Gasteiger partial charge in [0.1, 0.15) is 23.1 Å². The fourth-order valence-electron chi connectivity index (χ4n) is 4.08. The number of aromatic amines is 1. The number of amides is 1. The van der Waals surface area contributed by atoms with Crippen LogP contribution in [0, 0.1) is 12.7 Å². The number of halogens is 1. The van der Waals surface area contributed by atoms with Crippen LogP contribution in [-0.2, 0) is 0 Å². The third-order valence-electron chi connectivity index (χ3n) is 5.56. The Morgan fingerprint density at radius 3 is 2.91 bits per heavy atom. The van der Waals surface area contributed by atoms with Gasteiger partial charge in [0, 0.05) is 12.6 Å². The molecule has 1 amide bonds. The molecule has 4 aromatic rings. The number of thiazole rings is 1. The van der Waals surface area contributed by atoms with Crippen LogP contribution in [0.1, 0.15) is 33.8 Å². The molecule has 2 aromatic carbocycles. The monoisotopic (exact) mass is 448 g/mol. The number of ether oxygens (including phenoxy) is 1. The van der Waals surface area contributed by atoms with Gasteiger partial charge in [0.05, 0.1) is 34.1 Å². The summed E-state index contributed by atoms with van der Waals surface area (Å²) >= 11 is 1.38. The largest absolute Gasteiger partial charge is 0.497 e. The quantitative estimate of drug-likeness (QED) is 0.431. The Bertz CT molecular complexity index is 1360. The molecule has 8 heteroatoms. The van der Waals surface area contributed by atoms with E-state index in [-0.39, 0.29) is 17.8 Å². The Labute approximate surface area is 188 Å². The van der Waals surface area contributed by atoms with E-state index in [1.54, 1.807) is 24.1 Å². The van der Waals surface area contributed by atoms with E-state index in [1.807, 2.05) is 25.1 Å². The Morgan fingerprint density at radius 1 is 1.28 bits per heavy atom. The minimum atomic E-state index is -0.350. The molecule has 0 radical (unpaired) electrons. The van der Waals surface area contributed by atoms with Gasteiger partial charge in [0.25, 0.3) is 5.91 Å². The van der Waals surface area contributed by atoms with Crippen LogP contribution in [0.2, 0.25) is 0 Å². The lowest BCUT2D eigenvalue weighted by Gasteiger charge is -2.22. The summed E-state index contributed by atoms with van der Waals surface area (Å²) < 4.78 is 19.1. The van der Waals surface area contributed by atoms with Crippen molar-refractivity contribution < 1.29 is 13.9 Å². The average molecular weight is 449 g/mol. The van der Waals surface area contributed by atoms with Crippen molar-refractivity contribution in [3.63, 3.8) is 0 Å². The maximum Gasteiger partial charge on any atom is 0.274 e. The number of H-pyrrole nitrogens is 1. The van der Waals surface area contributed by atoms with Gasteiger partial charge in [-0.25, -0.2) is 14.4 Å². The van der Waals surface area contributed by atoms with Gasteiger partial charge in [-0.2, -0.15) is 0 Å². The molecular formula is C24H21FN4O2S. The first kappa shape index (κ1) is 20.4. The lowest BCUT2D eigenvalue weighted by molar-refractivity contribution is 0.0728. The molecule has 2 aromatic heterocycles. The van der Waals surface area contributed by atoms with Crippen LogP contribution in [0.5, 0.6) is 5.75 Å². The highest BCUT2D eigenvalue weighted by molar-refractivity contribution is 7.15. The van der Waals surface area contributed by atoms with Crippen LogP contribution in [-0.4, -0.2) is 39.4 Å². The van der Waals surface area contributed by atoms with Gasteiger partial charge in [0.2, 0.25) is 0 Å². The molecule has 0 bridgehead atoms. The number of rotatable bonds is 4. The van der Waals surface area contributed by atoms with Crippen molar-refractivity contribution in [3.8, 4) is 16.2 Å². The van der Waals surface area contributed by atoms with Gasteiger partial charge < -0.3 is 14.6 Å². The molecule has 1 N–H and O–H groups in total. The second kappa shape index (κ2) is 7.87. The van der Waals surface area contributed by atoms with Crippen LogP contribution in [0.25, 0.3) is 21.5 Å². The maximum absolute atomic E-state index is 13.8. The van der Waals surface area contributed by atoms with Gasteiger partial charge in [-0.15, -0.1) is 11.3 Å². The molecule has 1 aliphatic rings. The second-order valence-corrected chi connectivity index (χ2v) is 9.03. The normalized spacial score (nSPS) is 16.2. The molecule has 0 spiro atoms. The fraction of sp³-hybridized carbons (Fsp3) is 0.208. The number of aromatic nitrogens is 3. The van der Waals surface area contributed by atoms with Crippen LogP contribution in [0.4, 0.5) is 4.39 Å². The number of nitrogens with zero attached hydrogens (tertiary/aromatic N) is 3. The first-order chi connectivity index (χ1) is 15.4. The number of hydrogen-bond acceptors (Lipinski definition) is 5. The molecule has 1 unspecified atom stereocenters. The molecule has 0 saturated carbocycles. The van der Waals surface area contributed by atoms with E-state index >= 15 is 0 Å². The van der Waals surface area contributed by atoms with Crippen molar-refractivity contribution >= 4 is 28.3 Å². The number of imidazole rings is 1. The van der Waals surface area contributed by atoms with E-state index in [2.05, 4.69) is 16.5 Å². The number of benzene rings is 2. The van der Waals surface area contributed by atoms with Gasteiger partial charge in [-0.05, 0) is 43.2 Å². The predicted molar refractivity (Wildman–Crippen MR) is 122 cm³/mol. The van der Waals surface area contributed by atoms with Crippen LogP contribution < -0.4 is 4.74 Å². The van der Waals surface area contributed by atoms with Crippen LogP contribution >= 0.6 is 11.3 Å². The number of methoxy groups -OCH3 is 1. The molecule has 1 atom stereocenters. The molecule has 1 saturated heterocycles. The summed E-state index contributed by atoms with van der Waals surface area (Å²) in [5.41, 5.74) is 3.56. The Morgan fingerprint density at radius 2 is 2.12 bits per heavy atom. The second-order valence-electron chi connectivity index (χ2n) is 7.83. The summed E-state index contributed by atoms with van der Waals surface area (Å²) in [6, 6.07) is 11.6. The number of hydrogen-bond donors (Lipinski definition) is 1. The standard InChI is InChI=1S/C24H21FN4O2S/c1-13-9-20(23-27-18-8-7-17(31-3)11-19(18)28-23)29(12-13)24(30)21-22(32-14(2)26-21)15-5-4-6-16(25)10-15/h4-8,10-11,20H,1,9,12H2,2-3H3,(H,27,28). The van der Waals surface area contributed by atoms with Gasteiger partial charge >= 0.3 is 0 Å². The molecule has 32 heavy (non-hydrogen) atoms. The van der Waals surface area contributed by atoms with Crippen LogP contribution in [0.3, 0.4) is 0 Å². The zero-order valence-electron chi connectivity index (χ0n) is 17.7.